The van der Waals surface area contributed by atoms with Gasteiger partial charge in [0.05, 0.1) is 5.56 Å². The number of hydrogen-bond donors (Lipinski definition) is 0. The average molecular weight is 236 g/mol. The Morgan fingerprint density at radius 2 is 2.24 bits per heavy atom. The maximum atomic E-state index is 11.3. The zero-order valence-corrected chi connectivity index (χ0v) is 9.39. The molecule has 1 aliphatic heterocycles. The van der Waals surface area contributed by atoms with E-state index in [9.17, 15) is 9.59 Å². The second kappa shape index (κ2) is 4.97. The molecule has 0 unspecified atom stereocenters. The molecule has 0 saturated heterocycles. The molecule has 0 radical (unpaired) electrons. The number of hydrogen-bond acceptors (Lipinski definition) is 5. The summed E-state index contributed by atoms with van der Waals surface area (Å²) in [6.07, 6.45) is 0. The molecule has 1 aromatic rings. The van der Waals surface area contributed by atoms with Crippen molar-refractivity contribution in [1.29, 1.82) is 0 Å². The SMILES string of the molecule is COCC(=O)COc1ccc2c(c1)OCC2=O. The molecule has 0 bridgehead atoms. The van der Waals surface area contributed by atoms with E-state index < -0.39 is 0 Å². The lowest BCUT2D eigenvalue weighted by atomic mass is 10.1. The van der Waals surface area contributed by atoms with Crippen molar-refractivity contribution in [3.63, 3.8) is 0 Å². The number of ether oxygens (including phenoxy) is 3. The highest BCUT2D eigenvalue weighted by molar-refractivity contribution is 6.02. The molecule has 0 atom stereocenters. The van der Waals surface area contributed by atoms with Gasteiger partial charge < -0.3 is 14.2 Å². The van der Waals surface area contributed by atoms with Crippen LogP contribution in [0.15, 0.2) is 18.2 Å². The van der Waals surface area contributed by atoms with Gasteiger partial charge >= 0.3 is 0 Å². The van der Waals surface area contributed by atoms with Crippen molar-refractivity contribution >= 4 is 11.6 Å². The highest BCUT2D eigenvalue weighted by Gasteiger charge is 2.21. The fourth-order valence-electron chi connectivity index (χ4n) is 1.53. The Morgan fingerprint density at radius 3 is 3.00 bits per heavy atom. The molecule has 17 heavy (non-hydrogen) atoms. The van der Waals surface area contributed by atoms with Crippen molar-refractivity contribution in [3.8, 4) is 11.5 Å². The monoisotopic (exact) mass is 236 g/mol. The first kappa shape index (κ1) is 11.6. The number of methoxy groups -OCH3 is 1. The van der Waals surface area contributed by atoms with Gasteiger partial charge in [0, 0.05) is 13.2 Å². The molecule has 0 saturated carbocycles. The lowest BCUT2D eigenvalue weighted by molar-refractivity contribution is -0.124. The minimum absolute atomic E-state index is 0.0277. The minimum Gasteiger partial charge on any atom is -0.486 e. The highest BCUT2D eigenvalue weighted by atomic mass is 16.5. The van der Waals surface area contributed by atoms with E-state index >= 15 is 0 Å². The first-order chi connectivity index (χ1) is 8.20. The van der Waals surface area contributed by atoms with Crippen LogP contribution in [-0.2, 0) is 9.53 Å². The van der Waals surface area contributed by atoms with Gasteiger partial charge in [-0.3, -0.25) is 9.59 Å². The van der Waals surface area contributed by atoms with Gasteiger partial charge in [-0.05, 0) is 12.1 Å². The summed E-state index contributed by atoms with van der Waals surface area (Å²) in [5.41, 5.74) is 0.556. The summed E-state index contributed by atoms with van der Waals surface area (Å²) in [6.45, 7) is 0.0435. The summed E-state index contributed by atoms with van der Waals surface area (Å²) in [4.78, 5) is 22.5. The number of carbonyl (C=O) groups excluding carboxylic acids is 2. The molecule has 5 nitrogen and oxygen atoms in total. The number of Topliss-reactive ketones (excluding diaryl/α,β-unsaturated/α-hetero) is 2. The topological polar surface area (TPSA) is 61.8 Å². The first-order valence-corrected chi connectivity index (χ1v) is 5.14. The average Bonchev–Trinajstić information content (AvgIpc) is 2.69. The van der Waals surface area contributed by atoms with Crippen LogP contribution in [0.1, 0.15) is 10.4 Å². The van der Waals surface area contributed by atoms with Crippen molar-refractivity contribution in [2.75, 3.05) is 26.9 Å². The quantitative estimate of drug-likeness (QED) is 0.758. The lowest BCUT2D eigenvalue weighted by Gasteiger charge is -2.06. The van der Waals surface area contributed by atoms with E-state index in [1.165, 1.54) is 7.11 Å². The Labute approximate surface area is 98.3 Å². The summed E-state index contributed by atoms with van der Waals surface area (Å²) < 4.78 is 15.1. The van der Waals surface area contributed by atoms with E-state index in [4.69, 9.17) is 9.47 Å². The van der Waals surface area contributed by atoms with Crippen LogP contribution in [0.25, 0.3) is 0 Å². The maximum absolute atomic E-state index is 11.3. The predicted molar refractivity (Wildman–Crippen MR) is 58.6 cm³/mol. The summed E-state index contributed by atoms with van der Waals surface area (Å²) >= 11 is 0. The lowest BCUT2D eigenvalue weighted by Crippen LogP contribution is -2.16. The van der Waals surface area contributed by atoms with Crippen LogP contribution in [0, 0.1) is 0 Å². The van der Waals surface area contributed by atoms with E-state index in [0.29, 0.717) is 17.1 Å². The third kappa shape index (κ3) is 2.62. The van der Waals surface area contributed by atoms with Crippen LogP contribution in [-0.4, -0.2) is 38.5 Å². The Bertz CT molecular complexity index is 452. The Balaban J connectivity index is 1.99. The molecular formula is C12H12O5. The standard InChI is InChI=1S/C12H12O5/c1-15-5-8(13)6-16-9-2-3-10-11(14)7-17-12(10)4-9/h2-4H,5-7H2,1H3. The van der Waals surface area contributed by atoms with Gasteiger partial charge in [0.15, 0.2) is 12.4 Å². The van der Waals surface area contributed by atoms with Crippen LogP contribution in [0.3, 0.4) is 0 Å². The zero-order chi connectivity index (χ0) is 12.3. The molecule has 5 heteroatoms. The number of benzene rings is 1. The summed E-state index contributed by atoms with van der Waals surface area (Å²) in [7, 11) is 1.45. The number of rotatable bonds is 5. The van der Waals surface area contributed by atoms with E-state index in [2.05, 4.69) is 4.74 Å². The summed E-state index contributed by atoms with van der Waals surface area (Å²) in [5, 5.41) is 0. The largest absolute Gasteiger partial charge is 0.486 e. The van der Waals surface area contributed by atoms with Crippen LogP contribution < -0.4 is 9.47 Å². The molecule has 0 aliphatic carbocycles. The van der Waals surface area contributed by atoms with Gasteiger partial charge in [0.1, 0.15) is 24.7 Å². The normalized spacial score (nSPS) is 13.1. The number of fused-ring (bicyclic) bond motifs is 1. The van der Waals surface area contributed by atoms with Gasteiger partial charge in [-0.15, -0.1) is 0 Å². The van der Waals surface area contributed by atoms with Crippen LogP contribution >= 0.6 is 0 Å². The molecule has 1 heterocycles. The molecule has 0 spiro atoms. The molecule has 0 aromatic heterocycles. The molecular weight excluding hydrogens is 224 g/mol. The molecule has 2 rings (SSSR count). The Hall–Kier alpha value is -1.88. The Morgan fingerprint density at radius 1 is 1.41 bits per heavy atom. The summed E-state index contributed by atoms with van der Waals surface area (Å²) in [6, 6.07) is 4.90. The smallest absolute Gasteiger partial charge is 0.203 e. The summed E-state index contributed by atoms with van der Waals surface area (Å²) in [5.74, 6) is 0.821. The van der Waals surface area contributed by atoms with Crippen molar-refractivity contribution in [1.82, 2.24) is 0 Å². The highest BCUT2D eigenvalue weighted by Crippen LogP contribution is 2.29. The fourth-order valence-corrected chi connectivity index (χ4v) is 1.53. The second-order valence-electron chi connectivity index (χ2n) is 3.63. The van der Waals surface area contributed by atoms with E-state index in [-0.39, 0.29) is 31.4 Å². The van der Waals surface area contributed by atoms with E-state index in [0.717, 1.165) is 0 Å². The fraction of sp³-hybridized carbons (Fsp3) is 0.333. The van der Waals surface area contributed by atoms with Crippen molar-refractivity contribution in [3.05, 3.63) is 23.8 Å². The van der Waals surface area contributed by atoms with Crippen molar-refractivity contribution in [2.24, 2.45) is 0 Å². The van der Waals surface area contributed by atoms with E-state index in [1.54, 1.807) is 18.2 Å². The van der Waals surface area contributed by atoms with Gasteiger partial charge in [-0.25, -0.2) is 0 Å². The van der Waals surface area contributed by atoms with Crippen LogP contribution in [0.5, 0.6) is 11.5 Å². The predicted octanol–water partition coefficient (Wildman–Crippen LogP) is 0.856. The molecule has 1 aliphatic rings. The molecule has 0 N–H and O–H groups in total. The minimum atomic E-state index is -0.148. The molecule has 0 amide bonds. The molecule has 1 aromatic carbocycles. The first-order valence-electron chi connectivity index (χ1n) is 5.14. The molecule has 90 valence electrons. The van der Waals surface area contributed by atoms with Crippen molar-refractivity contribution < 1.29 is 23.8 Å². The van der Waals surface area contributed by atoms with Gasteiger partial charge in [-0.1, -0.05) is 0 Å². The third-order valence-corrected chi connectivity index (χ3v) is 2.32. The number of carbonyl (C=O) groups is 2. The Kier molecular flexibility index (Phi) is 3.39. The van der Waals surface area contributed by atoms with Crippen molar-refractivity contribution in [2.45, 2.75) is 0 Å². The van der Waals surface area contributed by atoms with Gasteiger partial charge in [0.2, 0.25) is 5.78 Å². The molecule has 0 fully saturated rings. The zero-order valence-electron chi connectivity index (χ0n) is 9.39. The van der Waals surface area contributed by atoms with Gasteiger partial charge in [0.25, 0.3) is 0 Å². The maximum Gasteiger partial charge on any atom is 0.203 e. The van der Waals surface area contributed by atoms with Crippen LogP contribution in [0.2, 0.25) is 0 Å². The second-order valence-corrected chi connectivity index (χ2v) is 3.63. The van der Waals surface area contributed by atoms with E-state index in [1.807, 2.05) is 0 Å². The van der Waals surface area contributed by atoms with Gasteiger partial charge in [-0.2, -0.15) is 0 Å². The third-order valence-electron chi connectivity index (χ3n) is 2.32. The van der Waals surface area contributed by atoms with Crippen LogP contribution in [0.4, 0.5) is 0 Å². The number of ketones is 2.